The third kappa shape index (κ3) is 5.25. The summed E-state index contributed by atoms with van der Waals surface area (Å²) < 4.78 is 32.5. The number of nitrogens with zero attached hydrogens (tertiary/aromatic N) is 4. The van der Waals surface area contributed by atoms with Gasteiger partial charge < -0.3 is 4.42 Å². The SMILES string of the molecule is CC(=O)c1ccc(S(=O)(=O)N2CCC(C(=O)Nc3nnc(-c4cccc([N+](=O)[O-])c4)o3)CC2)cc1. The van der Waals surface area contributed by atoms with Crippen LogP contribution in [-0.2, 0) is 14.8 Å². The van der Waals surface area contributed by atoms with Crippen LogP contribution in [0.25, 0.3) is 11.5 Å². The monoisotopic (exact) mass is 499 g/mol. The molecule has 1 aromatic heterocycles. The van der Waals surface area contributed by atoms with Gasteiger partial charge in [-0.15, -0.1) is 5.10 Å². The van der Waals surface area contributed by atoms with Gasteiger partial charge in [0.05, 0.1) is 9.82 Å². The number of nitro benzene ring substituents is 1. The van der Waals surface area contributed by atoms with Crippen LogP contribution in [0.4, 0.5) is 11.7 Å². The van der Waals surface area contributed by atoms with E-state index in [1.807, 2.05) is 0 Å². The van der Waals surface area contributed by atoms with Crippen LogP contribution >= 0.6 is 0 Å². The van der Waals surface area contributed by atoms with Gasteiger partial charge in [0.2, 0.25) is 21.8 Å². The van der Waals surface area contributed by atoms with Gasteiger partial charge in [0.1, 0.15) is 0 Å². The highest BCUT2D eigenvalue weighted by Gasteiger charge is 2.32. The minimum atomic E-state index is -3.75. The fraction of sp³-hybridized carbons (Fsp3) is 0.273. The number of aromatic nitrogens is 2. The maximum Gasteiger partial charge on any atom is 0.322 e. The van der Waals surface area contributed by atoms with Crippen molar-refractivity contribution in [3.63, 3.8) is 0 Å². The van der Waals surface area contributed by atoms with Crippen LogP contribution in [0, 0.1) is 16.0 Å². The lowest BCUT2D eigenvalue weighted by Crippen LogP contribution is -2.41. The summed E-state index contributed by atoms with van der Waals surface area (Å²) in [4.78, 5) is 34.6. The molecule has 2 heterocycles. The van der Waals surface area contributed by atoms with Gasteiger partial charge in [-0.1, -0.05) is 23.3 Å². The lowest BCUT2D eigenvalue weighted by atomic mass is 9.97. The maximum atomic E-state index is 12.9. The van der Waals surface area contributed by atoms with Gasteiger partial charge in [-0.05, 0) is 38.0 Å². The molecule has 0 aliphatic carbocycles. The van der Waals surface area contributed by atoms with Crippen molar-refractivity contribution in [1.29, 1.82) is 0 Å². The van der Waals surface area contributed by atoms with Gasteiger partial charge in [0.15, 0.2) is 5.78 Å². The fourth-order valence-corrected chi connectivity index (χ4v) is 5.19. The molecule has 12 nitrogen and oxygen atoms in total. The molecule has 4 rings (SSSR count). The van der Waals surface area contributed by atoms with Crippen molar-refractivity contribution < 1.29 is 27.3 Å². The second-order valence-corrected chi connectivity index (χ2v) is 9.91. The largest absolute Gasteiger partial charge is 0.403 e. The Bertz CT molecular complexity index is 1380. The summed E-state index contributed by atoms with van der Waals surface area (Å²) >= 11 is 0. The van der Waals surface area contributed by atoms with E-state index in [4.69, 9.17) is 4.42 Å². The summed E-state index contributed by atoms with van der Waals surface area (Å²) in [5.74, 6) is -0.989. The molecule has 1 saturated heterocycles. The van der Waals surface area contributed by atoms with Crippen LogP contribution in [0.5, 0.6) is 0 Å². The topological polar surface area (TPSA) is 166 Å². The lowest BCUT2D eigenvalue weighted by molar-refractivity contribution is -0.384. The van der Waals surface area contributed by atoms with E-state index >= 15 is 0 Å². The Morgan fingerprint density at radius 3 is 2.43 bits per heavy atom. The molecule has 0 unspecified atom stereocenters. The third-order valence-electron chi connectivity index (χ3n) is 5.68. The third-order valence-corrected chi connectivity index (χ3v) is 7.60. The molecule has 0 radical (unpaired) electrons. The van der Waals surface area contributed by atoms with E-state index in [2.05, 4.69) is 15.5 Å². The summed E-state index contributed by atoms with van der Waals surface area (Å²) in [6, 6.07) is 11.3. The summed E-state index contributed by atoms with van der Waals surface area (Å²) in [7, 11) is -3.75. The summed E-state index contributed by atoms with van der Waals surface area (Å²) in [5, 5.41) is 21.1. The van der Waals surface area contributed by atoms with Gasteiger partial charge in [-0.25, -0.2) is 8.42 Å². The number of piperidine rings is 1. The van der Waals surface area contributed by atoms with E-state index < -0.39 is 20.9 Å². The lowest BCUT2D eigenvalue weighted by Gasteiger charge is -2.30. The highest BCUT2D eigenvalue weighted by Crippen LogP contribution is 2.27. The van der Waals surface area contributed by atoms with Gasteiger partial charge in [0.25, 0.3) is 5.69 Å². The van der Waals surface area contributed by atoms with E-state index in [0.29, 0.717) is 24.0 Å². The van der Waals surface area contributed by atoms with E-state index in [-0.39, 0.29) is 47.3 Å². The Morgan fingerprint density at radius 2 is 1.80 bits per heavy atom. The van der Waals surface area contributed by atoms with Crippen molar-refractivity contribution in [2.24, 2.45) is 5.92 Å². The first-order chi connectivity index (χ1) is 16.6. The molecule has 2 aromatic carbocycles. The van der Waals surface area contributed by atoms with Gasteiger partial charge in [-0.2, -0.15) is 4.31 Å². The number of carbonyl (C=O) groups excluding carboxylic acids is 2. The molecule has 1 fully saturated rings. The highest BCUT2D eigenvalue weighted by molar-refractivity contribution is 7.89. The molecule has 13 heteroatoms. The Hall–Kier alpha value is -3.97. The first-order valence-corrected chi connectivity index (χ1v) is 12.1. The molecule has 1 aliphatic rings. The zero-order chi connectivity index (χ0) is 25.2. The number of nitrogens with one attached hydrogen (secondary N) is 1. The molecule has 0 atom stereocenters. The molecule has 0 saturated carbocycles. The van der Waals surface area contributed by atoms with Crippen molar-refractivity contribution >= 4 is 33.4 Å². The Morgan fingerprint density at radius 1 is 1.11 bits per heavy atom. The maximum absolute atomic E-state index is 12.9. The molecule has 1 aliphatic heterocycles. The quantitative estimate of drug-likeness (QED) is 0.292. The Kier molecular flexibility index (Phi) is 6.71. The number of anilines is 1. The molecule has 0 spiro atoms. The number of nitro groups is 1. The van der Waals surface area contributed by atoms with Gasteiger partial charge in [0, 0.05) is 42.3 Å². The molecule has 1 N–H and O–H groups in total. The Labute approximate surface area is 200 Å². The summed E-state index contributed by atoms with van der Waals surface area (Å²) in [6.07, 6.45) is 0.588. The second kappa shape index (κ2) is 9.72. The molecule has 182 valence electrons. The zero-order valence-corrected chi connectivity index (χ0v) is 19.4. The number of carbonyl (C=O) groups is 2. The Balaban J connectivity index is 1.36. The van der Waals surface area contributed by atoms with Crippen molar-refractivity contribution in [3.05, 3.63) is 64.2 Å². The van der Waals surface area contributed by atoms with E-state index in [9.17, 15) is 28.1 Å². The number of hydrogen-bond donors (Lipinski definition) is 1. The number of amides is 1. The average molecular weight is 500 g/mol. The van der Waals surface area contributed by atoms with Crippen LogP contribution in [-0.4, -0.2) is 52.6 Å². The van der Waals surface area contributed by atoms with E-state index in [1.54, 1.807) is 6.07 Å². The van der Waals surface area contributed by atoms with E-state index in [1.165, 1.54) is 53.7 Å². The molecule has 0 bridgehead atoms. The van der Waals surface area contributed by atoms with E-state index in [0.717, 1.165) is 0 Å². The first-order valence-electron chi connectivity index (χ1n) is 10.7. The van der Waals surface area contributed by atoms with Gasteiger partial charge in [-0.3, -0.25) is 25.0 Å². The molecule has 1 amide bonds. The van der Waals surface area contributed by atoms with Crippen molar-refractivity contribution in [1.82, 2.24) is 14.5 Å². The number of Topliss-reactive ketones (excluding diaryl/α,β-unsaturated/α-hetero) is 1. The van der Waals surface area contributed by atoms with Crippen molar-refractivity contribution in [2.75, 3.05) is 18.4 Å². The number of hydrogen-bond acceptors (Lipinski definition) is 9. The van der Waals surface area contributed by atoms with Crippen LogP contribution < -0.4 is 5.32 Å². The number of rotatable bonds is 7. The summed E-state index contributed by atoms with van der Waals surface area (Å²) in [5.41, 5.74) is 0.624. The average Bonchev–Trinajstić information content (AvgIpc) is 3.32. The number of ketones is 1. The molecule has 35 heavy (non-hydrogen) atoms. The predicted molar refractivity (Wildman–Crippen MR) is 123 cm³/mol. The fourth-order valence-electron chi connectivity index (χ4n) is 3.72. The summed E-state index contributed by atoms with van der Waals surface area (Å²) in [6.45, 7) is 1.71. The minimum Gasteiger partial charge on any atom is -0.403 e. The molecular formula is C22H21N5O7S. The first kappa shape index (κ1) is 24.2. The van der Waals surface area contributed by atoms with Crippen molar-refractivity contribution in [2.45, 2.75) is 24.7 Å². The van der Waals surface area contributed by atoms with Crippen LogP contribution in [0.2, 0.25) is 0 Å². The van der Waals surface area contributed by atoms with Crippen molar-refractivity contribution in [3.8, 4) is 11.5 Å². The smallest absolute Gasteiger partial charge is 0.322 e. The minimum absolute atomic E-state index is 0.0145. The number of benzene rings is 2. The predicted octanol–water partition coefficient (Wildman–Crippen LogP) is 2.89. The normalized spacial score (nSPS) is 15.0. The standard InChI is InChI=1S/C22H21N5O7S/c1-14(28)15-5-7-19(8-6-15)35(32,33)26-11-9-16(10-12-26)20(29)23-22-25-24-21(34-22)17-3-2-4-18(13-17)27(30)31/h2-8,13,16H,9-12H2,1H3,(H,23,25,29). The molecule has 3 aromatic rings. The molecular weight excluding hydrogens is 478 g/mol. The van der Waals surface area contributed by atoms with Gasteiger partial charge >= 0.3 is 6.01 Å². The highest BCUT2D eigenvalue weighted by atomic mass is 32.2. The number of non-ortho nitro benzene ring substituents is 1. The van der Waals surface area contributed by atoms with Crippen LogP contribution in [0.15, 0.2) is 57.8 Å². The number of sulfonamides is 1. The zero-order valence-electron chi connectivity index (χ0n) is 18.6. The van der Waals surface area contributed by atoms with Crippen LogP contribution in [0.1, 0.15) is 30.1 Å². The second-order valence-electron chi connectivity index (χ2n) is 7.97. The van der Waals surface area contributed by atoms with Crippen LogP contribution in [0.3, 0.4) is 0 Å².